The summed E-state index contributed by atoms with van der Waals surface area (Å²) < 4.78 is 0. The molecule has 1 heterocycles. The van der Waals surface area contributed by atoms with Gasteiger partial charge in [0.25, 0.3) is 0 Å². The molecule has 0 N–H and O–H groups in total. The zero-order chi connectivity index (χ0) is 4.41. The van der Waals surface area contributed by atoms with Crippen LogP contribution in [0.25, 0.3) is 0 Å². The van der Waals surface area contributed by atoms with E-state index in [-0.39, 0.29) is 0 Å². The van der Waals surface area contributed by atoms with E-state index >= 15 is 0 Å². The second-order valence-corrected chi connectivity index (χ2v) is 0.628. The maximum absolute atomic E-state index is 9.67. The molecule has 1 radical (unpaired) electrons. The van der Waals surface area contributed by atoms with E-state index in [1.165, 1.54) is 0 Å². The van der Waals surface area contributed by atoms with Crippen LogP contribution in [0, 0.1) is 0 Å². The quantitative estimate of drug-likeness (QED) is 0.354. The third kappa shape index (κ3) is 0.291. The van der Waals surface area contributed by atoms with Crippen molar-refractivity contribution in [3.63, 3.8) is 0 Å². The molecule has 31 valence electrons. The normalized spacial score (nSPS) is 17.0. The van der Waals surface area contributed by atoms with Crippen LogP contribution < -0.4 is 10.2 Å². The third-order valence-corrected chi connectivity index (χ3v) is 0.282. The van der Waals surface area contributed by atoms with Crippen LogP contribution in [-0.2, 0) is 4.84 Å². The Kier molecular flexibility index (Phi) is 0.474. The highest BCUT2D eigenvalue weighted by Crippen LogP contribution is 1.78. The first-order valence-electron chi connectivity index (χ1n) is 1.21. The van der Waals surface area contributed by atoms with E-state index in [9.17, 15) is 5.11 Å². The van der Waals surface area contributed by atoms with Crippen LogP contribution in [0.5, 0.6) is 0 Å². The van der Waals surface area contributed by atoms with Gasteiger partial charge < -0.3 is 9.94 Å². The number of hydrogen-bond acceptors (Lipinski definition) is 5. The van der Waals surface area contributed by atoms with Gasteiger partial charge in [-0.1, -0.05) is 0 Å². The van der Waals surface area contributed by atoms with Crippen LogP contribution in [0.1, 0.15) is 0 Å². The Hall–Kier alpha value is -1.13. The van der Waals surface area contributed by atoms with Crippen molar-refractivity contribution in [3.05, 3.63) is 0 Å². The molecule has 0 atom stereocenters. The molecule has 0 fully saturated rings. The van der Waals surface area contributed by atoms with E-state index in [0.29, 0.717) is 0 Å². The molecule has 0 saturated carbocycles. The molecule has 0 aliphatic carbocycles. The third-order valence-electron chi connectivity index (χ3n) is 0.282. The predicted octanol–water partition coefficient (Wildman–Crippen LogP) is -1.65. The van der Waals surface area contributed by atoms with Crippen LogP contribution >= 0.6 is 0 Å². The second-order valence-electron chi connectivity index (χ2n) is 0.628. The van der Waals surface area contributed by atoms with E-state index in [1.807, 2.05) is 0 Å². The van der Waals surface area contributed by atoms with Crippen LogP contribution in [0.2, 0.25) is 0 Å². The summed E-state index contributed by atoms with van der Waals surface area (Å²) >= 11 is 0. The van der Waals surface area contributed by atoms with E-state index in [2.05, 4.69) is 20.4 Å². The van der Waals surface area contributed by atoms with Crippen LogP contribution in [0.15, 0.2) is 10.5 Å². The molecule has 1 rings (SSSR count). The SMILES string of the molecule is [O-]C1=[N+]N=NO1. The molecule has 0 unspecified atom stereocenters. The van der Waals surface area contributed by atoms with Crippen molar-refractivity contribution in [3.8, 4) is 0 Å². The molecule has 5 nitrogen and oxygen atoms in total. The monoisotopic (exact) mass is 86.0 g/mol. The lowest BCUT2D eigenvalue weighted by atomic mass is 11.4. The Labute approximate surface area is 32.9 Å². The van der Waals surface area contributed by atoms with Crippen molar-refractivity contribution in [2.75, 3.05) is 0 Å². The molecule has 0 amide bonds. The minimum absolute atomic E-state index is 0.755. The Bertz CT molecular complexity index is 105. The summed E-state index contributed by atoms with van der Waals surface area (Å²) in [6.45, 7) is 0. The standard InChI is InChI=1S/CHN3O2/c5-1-2-3-4-6-1/h5H/q+1/p-1. The highest BCUT2D eigenvalue weighted by atomic mass is 16.7. The molecule has 0 aromatic carbocycles. The van der Waals surface area contributed by atoms with Gasteiger partial charge in [0.15, 0.2) is 5.28 Å². The summed E-state index contributed by atoms with van der Waals surface area (Å²) in [7, 11) is 0. The molecule has 0 spiro atoms. The first-order valence-corrected chi connectivity index (χ1v) is 1.21. The Morgan fingerprint density at radius 3 is 2.83 bits per heavy atom. The van der Waals surface area contributed by atoms with E-state index in [1.54, 1.807) is 0 Å². The summed E-state index contributed by atoms with van der Waals surface area (Å²) in [4.78, 5) is 3.81. The van der Waals surface area contributed by atoms with Crippen LogP contribution in [0.4, 0.5) is 0 Å². The molecule has 0 aromatic rings. The summed E-state index contributed by atoms with van der Waals surface area (Å²) in [6.07, 6.45) is -0.755. The highest BCUT2D eigenvalue weighted by molar-refractivity contribution is 5.59. The van der Waals surface area contributed by atoms with Gasteiger partial charge >= 0.3 is 6.08 Å². The predicted molar refractivity (Wildman–Crippen MR) is 13.1 cm³/mol. The van der Waals surface area contributed by atoms with Crippen molar-refractivity contribution in [2.45, 2.75) is 0 Å². The lowest BCUT2D eigenvalue weighted by molar-refractivity contribution is -0.249. The highest BCUT2D eigenvalue weighted by Gasteiger charge is 1.99. The maximum atomic E-state index is 9.67. The summed E-state index contributed by atoms with van der Waals surface area (Å²) in [5.74, 6) is 0. The molecule has 0 aromatic heterocycles. The maximum Gasteiger partial charge on any atom is 0.346 e. The summed E-state index contributed by atoms with van der Waals surface area (Å²) in [6, 6.07) is 0. The van der Waals surface area contributed by atoms with Gasteiger partial charge in [0.1, 0.15) is 5.10 Å². The average molecular weight is 86.0 g/mol. The van der Waals surface area contributed by atoms with Crippen molar-refractivity contribution in [2.24, 2.45) is 10.5 Å². The van der Waals surface area contributed by atoms with E-state index in [4.69, 9.17) is 0 Å². The zero-order valence-corrected chi connectivity index (χ0v) is 2.66. The lowest BCUT2D eigenvalue weighted by Gasteiger charge is -1.78. The summed E-state index contributed by atoms with van der Waals surface area (Å²) in [5.41, 5.74) is 0. The lowest BCUT2D eigenvalue weighted by Crippen LogP contribution is -2.19. The topological polar surface area (TPSA) is 71.1 Å². The largest absolute Gasteiger partial charge is 0.504 e. The van der Waals surface area contributed by atoms with Gasteiger partial charge in [-0.25, -0.2) is 0 Å². The molecule has 0 bridgehead atoms. The van der Waals surface area contributed by atoms with Crippen molar-refractivity contribution in [1.82, 2.24) is 5.10 Å². The van der Waals surface area contributed by atoms with Gasteiger partial charge in [0.2, 0.25) is 5.22 Å². The Morgan fingerprint density at radius 2 is 2.67 bits per heavy atom. The fourth-order valence-corrected chi connectivity index (χ4v) is 0.126. The number of hydrogen-bond donors (Lipinski definition) is 0. The van der Waals surface area contributed by atoms with Crippen molar-refractivity contribution < 1.29 is 9.94 Å². The number of rotatable bonds is 0. The molecule has 1 aliphatic heterocycles. The zero-order valence-electron chi connectivity index (χ0n) is 2.66. The van der Waals surface area contributed by atoms with Gasteiger partial charge in [0.05, 0.1) is 0 Å². The minimum atomic E-state index is -0.755. The fourth-order valence-electron chi connectivity index (χ4n) is 0.126. The molecular weight excluding hydrogens is 86.0 g/mol. The van der Waals surface area contributed by atoms with E-state index < -0.39 is 6.08 Å². The molecule has 0 saturated heterocycles. The molecule has 1 aliphatic rings. The van der Waals surface area contributed by atoms with Gasteiger partial charge in [-0.2, -0.15) is 0 Å². The van der Waals surface area contributed by atoms with Gasteiger partial charge in [-0.05, 0) is 0 Å². The molecular formula is CN3O2. The smallest absolute Gasteiger partial charge is 0.346 e. The van der Waals surface area contributed by atoms with Gasteiger partial charge in [-0.3, -0.25) is 0 Å². The van der Waals surface area contributed by atoms with Gasteiger partial charge in [-0.15, -0.1) is 0 Å². The minimum Gasteiger partial charge on any atom is -0.504 e. The Balaban J connectivity index is 2.61. The van der Waals surface area contributed by atoms with Crippen molar-refractivity contribution in [1.29, 1.82) is 0 Å². The molecule has 6 heavy (non-hydrogen) atoms. The average Bonchev–Trinajstić information content (AvgIpc) is 1.86. The summed E-state index contributed by atoms with van der Waals surface area (Å²) in [5, 5.41) is 18.1. The van der Waals surface area contributed by atoms with Crippen LogP contribution in [-0.4, -0.2) is 6.08 Å². The van der Waals surface area contributed by atoms with Crippen LogP contribution in [0.3, 0.4) is 0 Å². The Morgan fingerprint density at radius 1 is 1.83 bits per heavy atom. The molecule has 5 heteroatoms. The second kappa shape index (κ2) is 0.925. The fraction of sp³-hybridized carbons (Fsp3) is 0. The van der Waals surface area contributed by atoms with Gasteiger partial charge in [0, 0.05) is 0 Å². The van der Waals surface area contributed by atoms with Crippen molar-refractivity contribution >= 4 is 6.08 Å². The van der Waals surface area contributed by atoms with E-state index in [0.717, 1.165) is 0 Å². The number of nitrogens with zero attached hydrogens (tertiary/aromatic N) is 3. The first-order chi connectivity index (χ1) is 2.89. The first kappa shape index (κ1) is 3.08.